The van der Waals surface area contributed by atoms with Crippen molar-refractivity contribution < 1.29 is 0 Å². The lowest BCUT2D eigenvalue weighted by Crippen LogP contribution is -2.02. The molecule has 2 aromatic rings. The fraction of sp³-hybridized carbons (Fsp3) is 0.111. The van der Waals surface area contributed by atoms with Crippen molar-refractivity contribution in [1.82, 2.24) is 15.0 Å². The lowest BCUT2D eigenvalue weighted by molar-refractivity contribution is 1.07. The Balaban J connectivity index is 2.02. The minimum absolute atomic E-state index is 0.645. The molecular weight excluding hydrogens is 178 g/mol. The third-order valence-corrected chi connectivity index (χ3v) is 1.88. The van der Waals surface area contributed by atoms with Gasteiger partial charge in [-0.25, -0.2) is 4.98 Å². The van der Waals surface area contributed by atoms with Crippen molar-refractivity contribution in [3.63, 3.8) is 0 Å². The number of imidazole rings is 1. The zero-order chi connectivity index (χ0) is 9.80. The number of anilines is 2. The fourth-order valence-electron chi connectivity index (χ4n) is 1.14. The van der Waals surface area contributed by atoms with Crippen LogP contribution < -0.4 is 11.1 Å². The van der Waals surface area contributed by atoms with Crippen molar-refractivity contribution in [1.29, 1.82) is 0 Å². The van der Waals surface area contributed by atoms with Crippen LogP contribution in [0.4, 0.5) is 11.4 Å². The molecule has 0 unspecified atom stereocenters. The van der Waals surface area contributed by atoms with Crippen LogP contribution >= 0.6 is 0 Å². The molecular formula is C9H11N5. The van der Waals surface area contributed by atoms with E-state index in [2.05, 4.69) is 20.3 Å². The number of aromatic amines is 1. The Bertz CT molecular complexity index is 395. The average Bonchev–Trinajstić information content (AvgIpc) is 2.69. The number of rotatable bonds is 3. The van der Waals surface area contributed by atoms with Gasteiger partial charge in [0.25, 0.3) is 0 Å². The zero-order valence-corrected chi connectivity index (χ0v) is 7.57. The maximum Gasteiger partial charge on any atom is 0.0922 e. The van der Waals surface area contributed by atoms with Crippen molar-refractivity contribution in [3.05, 3.63) is 36.7 Å². The van der Waals surface area contributed by atoms with Gasteiger partial charge in [0, 0.05) is 12.4 Å². The van der Waals surface area contributed by atoms with E-state index in [4.69, 9.17) is 5.73 Å². The van der Waals surface area contributed by atoms with E-state index >= 15 is 0 Å². The van der Waals surface area contributed by atoms with Gasteiger partial charge in [0.05, 0.1) is 36.1 Å². The van der Waals surface area contributed by atoms with Gasteiger partial charge in [-0.3, -0.25) is 4.98 Å². The molecule has 0 radical (unpaired) electrons. The van der Waals surface area contributed by atoms with Gasteiger partial charge in [0.15, 0.2) is 0 Å². The predicted molar refractivity (Wildman–Crippen MR) is 54.6 cm³/mol. The Morgan fingerprint density at radius 1 is 1.36 bits per heavy atom. The fourth-order valence-corrected chi connectivity index (χ4v) is 1.14. The normalized spacial score (nSPS) is 10.0. The zero-order valence-electron chi connectivity index (χ0n) is 7.57. The van der Waals surface area contributed by atoms with E-state index in [0.29, 0.717) is 12.2 Å². The summed E-state index contributed by atoms with van der Waals surface area (Å²) in [4.78, 5) is 10.8. The molecule has 0 aliphatic heterocycles. The van der Waals surface area contributed by atoms with Gasteiger partial charge in [-0.1, -0.05) is 0 Å². The standard InChI is InChI=1S/C9H11N5/c10-8-5-11-2-1-9(8)13-4-7-3-12-6-14-7/h1-3,5-6H,4,10H2,(H,11,13)(H,12,14). The first-order valence-electron chi connectivity index (χ1n) is 4.27. The molecule has 0 amide bonds. The van der Waals surface area contributed by atoms with Crippen LogP contribution in [0.3, 0.4) is 0 Å². The Morgan fingerprint density at radius 2 is 2.29 bits per heavy atom. The van der Waals surface area contributed by atoms with Crippen molar-refractivity contribution in [2.75, 3.05) is 11.1 Å². The molecule has 14 heavy (non-hydrogen) atoms. The summed E-state index contributed by atoms with van der Waals surface area (Å²) in [5.74, 6) is 0. The number of hydrogen-bond acceptors (Lipinski definition) is 4. The minimum Gasteiger partial charge on any atom is -0.396 e. The topological polar surface area (TPSA) is 79.6 Å². The van der Waals surface area contributed by atoms with Gasteiger partial charge in [-0.2, -0.15) is 0 Å². The molecule has 4 N–H and O–H groups in total. The van der Waals surface area contributed by atoms with Crippen molar-refractivity contribution in [3.8, 4) is 0 Å². The molecule has 5 nitrogen and oxygen atoms in total. The van der Waals surface area contributed by atoms with Crippen LogP contribution in [0, 0.1) is 0 Å². The van der Waals surface area contributed by atoms with E-state index in [1.165, 1.54) is 0 Å². The monoisotopic (exact) mass is 189 g/mol. The van der Waals surface area contributed by atoms with E-state index in [1.807, 2.05) is 6.07 Å². The van der Waals surface area contributed by atoms with Gasteiger partial charge < -0.3 is 16.0 Å². The van der Waals surface area contributed by atoms with Crippen LogP contribution in [-0.2, 0) is 6.54 Å². The highest BCUT2D eigenvalue weighted by atomic mass is 14.9. The summed E-state index contributed by atoms with van der Waals surface area (Å²) >= 11 is 0. The van der Waals surface area contributed by atoms with Crippen molar-refractivity contribution in [2.24, 2.45) is 0 Å². The summed E-state index contributed by atoms with van der Waals surface area (Å²) in [6, 6.07) is 1.84. The Morgan fingerprint density at radius 3 is 3.00 bits per heavy atom. The first-order chi connectivity index (χ1) is 6.86. The second-order valence-electron chi connectivity index (χ2n) is 2.89. The molecule has 0 aliphatic carbocycles. The van der Waals surface area contributed by atoms with Gasteiger partial charge in [-0.15, -0.1) is 0 Å². The quantitative estimate of drug-likeness (QED) is 0.673. The van der Waals surface area contributed by atoms with Crippen LogP contribution in [0.25, 0.3) is 0 Å². The summed E-state index contributed by atoms with van der Waals surface area (Å²) < 4.78 is 0. The minimum atomic E-state index is 0.645. The molecule has 5 heteroatoms. The molecule has 0 fully saturated rings. The second-order valence-corrected chi connectivity index (χ2v) is 2.89. The van der Waals surface area contributed by atoms with E-state index in [1.54, 1.807) is 24.9 Å². The maximum atomic E-state index is 5.71. The molecule has 0 bridgehead atoms. The van der Waals surface area contributed by atoms with Gasteiger partial charge in [-0.05, 0) is 6.07 Å². The summed E-state index contributed by atoms with van der Waals surface area (Å²) in [7, 11) is 0. The molecule has 0 aromatic carbocycles. The number of aromatic nitrogens is 3. The highest BCUT2D eigenvalue weighted by Gasteiger charge is 1.97. The first kappa shape index (κ1) is 8.55. The van der Waals surface area contributed by atoms with E-state index < -0.39 is 0 Å². The number of nitrogen functional groups attached to an aromatic ring is 1. The largest absolute Gasteiger partial charge is 0.396 e. The number of hydrogen-bond donors (Lipinski definition) is 3. The van der Waals surface area contributed by atoms with E-state index in [9.17, 15) is 0 Å². The number of H-pyrrole nitrogens is 1. The maximum absolute atomic E-state index is 5.71. The molecule has 2 aromatic heterocycles. The summed E-state index contributed by atoms with van der Waals surface area (Å²) in [6.07, 6.45) is 6.73. The summed E-state index contributed by atoms with van der Waals surface area (Å²) in [5.41, 5.74) is 8.25. The Hall–Kier alpha value is -2.04. The Labute approximate surface area is 81.4 Å². The van der Waals surface area contributed by atoms with Crippen molar-refractivity contribution >= 4 is 11.4 Å². The highest BCUT2D eigenvalue weighted by Crippen LogP contribution is 2.15. The first-order valence-corrected chi connectivity index (χ1v) is 4.27. The van der Waals surface area contributed by atoms with Crippen LogP contribution in [-0.4, -0.2) is 15.0 Å². The molecule has 2 rings (SSSR count). The molecule has 0 aliphatic rings. The summed E-state index contributed by atoms with van der Waals surface area (Å²) in [5, 5.41) is 3.18. The van der Waals surface area contributed by atoms with Crippen LogP contribution in [0.1, 0.15) is 5.69 Å². The predicted octanol–water partition coefficient (Wildman–Crippen LogP) is 0.999. The molecule has 72 valence electrons. The molecule has 0 spiro atoms. The third-order valence-electron chi connectivity index (χ3n) is 1.88. The third kappa shape index (κ3) is 1.82. The number of nitrogens with one attached hydrogen (secondary N) is 2. The van der Waals surface area contributed by atoms with Gasteiger partial charge >= 0.3 is 0 Å². The number of pyridine rings is 1. The number of nitrogens with zero attached hydrogens (tertiary/aromatic N) is 2. The lowest BCUT2D eigenvalue weighted by atomic mass is 10.3. The lowest BCUT2D eigenvalue weighted by Gasteiger charge is -2.06. The molecule has 0 saturated heterocycles. The highest BCUT2D eigenvalue weighted by molar-refractivity contribution is 5.64. The van der Waals surface area contributed by atoms with E-state index in [-0.39, 0.29) is 0 Å². The second kappa shape index (κ2) is 3.78. The summed E-state index contributed by atoms with van der Waals surface area (Å²) in [6.45, 7) is 0.675. The molecule has 0 atom stereocenters. The van der Waals surface area contributed by atoms with Crippen molar-refractivity contribution in [2.45, 2.75) is 6.54 Å². The van der Waals surface area contributed by atoms with Crippen LogP contribution in [0.2, 0.25) is 0 Å². The molecule has 0 saturated carbocycles. The van der Waals surface area contributed by atoms with E-state index in [0.717, 1.165) is 11.4 Å². The van der Waals surface area contributed by atoms with Gasteiger partial charge in [0.2, 0.25) is 0 Å². The van der Waals surface area contributed by atoms with Crippen LogP contribution in [0.15, 0.2) is 31.0 Å². The SMILES string of the molecule is Nc1cnccc1NCc1cnc[nH]1. The van der Waals surface area contributed by atoms with Crippen LogP contribution in [0.5, 0.6) is 0 Å². The Kier molecular flexibility index (Phi) is 2.31. The smallest absolute Gasteiger partial charge is 0.0922 e. The van der Waals surface area contributed by atoms with Gasteiger partial charge in [0.1, 0.15) is 0 Å². The number of nitrogens with two attached hydrogens (primary N) is 1. The molecule has 2 heterocycles. The average molecular weight is 189 g/mol.